The summed E-state index contributed by atoms with van der Waals surface area (Å²) in [6.07, 6.45) is -0.222. The van der Waals surface area contributed by atoms with Crippen LogP contribution >= 0.6 is 0 Å². The predicted molar refractivity (Wildman–Crippen MR) is 148 cm³/mol. The van der Waals surface area contributed by atoms with Gasteiger partial charge in [-0.25, -0.2) is 8.42 Å². The van der Waals surface area contributed by atoms with Crippen LogP contribution in [0.1, 0.15) is 48.4 Å². The number of rotatable bonds is 9. The van der Waals surface area contributed by atoms with Gasteiger partial charge in [0.05, 0.1) is 33.8 Å². The molecule has 0 bridgehead atoms. The molecule has 1 aliphatic rings. The van der Waals surface area contributed by atoms with Crippen LogP contribution in [0.15, 0.2) is 65.6 Å². The number of para-hydroxylation sites is 1. The number of esters is 1. The van der Waals surface area contributed by atoms with E-state index in [2.05, 4.69) is 0 Å². The Bertz CT molecular complexity index is 1410. The van der Waals surface area contributed by atoms with E-state index in [1.54, 1.807) is 51.5 Å². The monoisotopic (exact) mass is 553 g/mol. The van der Waals surface area contributed by atoms with Crippen LogP contribution in [0.3, 0.4) is 0 Å². The summed E-state index contributed by atoms with van der Waals surface area (Å²) < 4.78 is 50.9. The highest BCUT2D eigenvalue weighted by Crippen LogP contribution is 2.36. The van der Waals surface area contributed by atoms with E-state index in [-0.39, 0.29) is 49.0 Å². The molecule has 0 aromatic heterocycles. The molecule has 8 nitrogen and oxygen atoms in total. The van der Waals surface area contributed by atoms with E-state index in [0.29, 0.717) is 17.2 Å². The molecule has 1 aliphatic heterocycles. The first-order chi connectivity index (χ1) is 18.7. The molecule has 3 aromatic rings. The minimum absolute atomic E-state index is 0.104. The quantitative estimate of drug-likeness (QED) is 0.342. The van der Waals surface area contributed by atoms with Crippen LogP contribution in [0.4, 0.5) is 0 Å². The molecular weight excluding hydrogens is 518 g/mol. The number of fused-ring (bicyclic) bond motifs is 1. The van der Waals surface area contributed by atoms with E-state index < -0.39 is 10.0 Å². The lowest BCUT2D eigenvalue weighted by Crippen LogP contribution is -2.35. The number of hydrogen-bond donors (Lipinski definition) is 0. The summed E-state index contributed by atoms with van der Waals surface area (Å²) in [6, 6.07) is 18.1. The number of carbonyl (C=O) groups excluding carboxylic acids is 1. The molecule has 0 spiro atoms. The number of nitrogens with zero attached hydrogens (tertiary/aromatic N) is 1. The third-order valence-electron chi connectivity index (χ3n) is 6.83. The third kappa shape index (κ3) is 6.37. The fourth-order valence-electron chi connectivity index (χ4n) is 4.80. The van der Waals surface area contributed by atoms with Crippen LogP contribution in [-0.2, 0) is 26.1 Å². The number of methoxy groups -OCH3 is 2. The molecule has 0 radical (unpaired) electrons. The van der Waals surface area contributed by atoms with Crippen molar-refractivity contribution >= 4 is 16.0 Å². The van der Waals surface area contributed by atoms with Crippen molar-refractivity contribution in [2.24, 2.45) is 0 Å². The highest BCUT2D eigenvalue weighted by Gasteiger charge is 2.33. The van der Waals surface area contributed by atoms with Gasteiger partial charge in [-0.15, -0.1) is 0 Å². The molecule has 0 fully saturated rings. The van der Waals surface area contributed by atoms with E-state index in [0.717, 1.165) is 22.3 Å². The SMILES string of the molecule is CCOC(=O)CC(c1cc(OC)cc(OC)c1)c1ccc(C)c(CN2C[C@@H](C)Oc3ccccc3S2(=O)=O)c1. The molecule has 2 atom stereocenters. The third-order valence-corrected chi connectivity index (χ3v) is 8.68. The summed E-state index contributed by atoms with van der Waals surface area (Å²) >= 11 is 0. The molecule has 3 aromatic carbocycles. The number of carbonyl (C=O) groups is 1. The van der Waals surface area contributed by atoms with E-state index >= 15 is 0 Å². The van der Waals surface area contributed by atoms with Crippen LogP contribution < -0.4 is 14.2 Å². The van der Waals surface area contributed by atoms with Crippen LogP contribution in [0, 0.1) is 6.92 Å². The summed E-state index contributed by atoms with van der Waals surface area (Å²) in [4.78, 5) is 12.8. The Morgan fingerprint density at radius 1 is 1.03 bits per heavy atom. The van der Waals surface area contributed by atoms with Gasteiger partial charge in [-0.1, -0.05) is 30.3 Å². The normalized spacial score (nSPS) is 17.3. The van der Waals surface area contributed by atoms with E-state index in [1.165, 1.54) is 4.31 Å². The summed E-state index contributed by atoms with van der Waals surface area (Å²) in [5.74, 6) is 0.877. The summed E-state index contributed by atoms with van der Waals surface area (Å²) in [5, 5.41) is 0. The second-order valence-electron chi connectivity index (χ2n) is 9.57. The van der Waals surface area contributed by atoms with Gasteiger partial charge in [0.15, 0.2) is 0 Å². The van der Waals surface area contributed by atoms with Crippen LogP contribution in [-0.4, -0.2) is 52.2 Å². The summed E-state index contributed by atoms with van der Waals surface area (Å²) in [5.41, 5.74) is 3.47. The summed E-state index contributed by atoms with van der Waals surface area (Å²) in [7, 11) is -0.642. The number of ether oxygens (including phenoxy) is 4. The van der Waals surface area contributed by atoms with Gasteiger partial charge < -0.3 is 18.9 Å². The number of benzene rings is 3. The van der Waals surface area contributed by atoms with Crippen molar-refractivity contribution in [3.63, 3.8) is 0 Å². The molecule has 0 aliphatic carbocycles. The highest BCUT2D eigenvalue weighted by atomic mass is 32.2. The number of aryl methyl sites for hydroxylation is 1. The first kappa shape index (κ1) is 28.4. The second kappa shape index (κ2) is 12.1. The van der Waals surface area contributed by atoms with Crippen LogP contribution in [0.2, 0.25) is 0 Å². The standard InChI is InChI=1S/C30H35NO7S/c1-6-37-30(32)17-27(23-14-25(35-4)16-26(15-23)36-5)22-12-11-20(2)24(13-22)19-31-18-21(3)38-28-9-7-8-10-29(28)39(31,33)34/h7-16,21,27H,6,17-19H2,1-5H3/t21-,27?/m1/s1. The Morgan fingerprint density at radius 2 is 1.72 bits per heavy atom. The van der Waals surface area contributed by atoms with Crippen molar-refractivity contribution in [1.29, 1.82) is 0 Å². The van der Waals surface area contributed by atoms with Gasteiger partial charge in [-0.05, 0) is 67.3 Å². The molecule has 4 rings (SSSR count). The molecule has 39 heavy (non-hydrogen) atoms. The molecule has 1 heterocycles. The van der Waals surface area contributed by atoms with Gasteiger partial charge in [0.1, 0.15) is 28.2 Å². The maximum absolute atomic E-state index is 13.6. The minimum Gasteiger partial charge on any atom is -0.497 e. The van der Waals surface area contributed by atoms with Gasteiger partial charge in [-0.3, -0.25) is 4.79 Å². The zero-order chi connectivity index (χ0) is 28.2. The van der Waals surface area contributed by atoms with Crippen molar-refractivity contribution in [3.8, 4) is 17.2 Å². The molecule has 0 saturated carbocycles. The highest BCUT2D eigenvalue weighted by molar-refractivity contribution is 7.89. The van der Waals surface area contributed by atoms with Gasteiger partial charge in [-0.2, -0.15) is 4.31 Å². The predicted octanol–water partition coefficient (Wildman–Crippen LogP) is 5.07. The molecule has 208 valence electrons. The average molecular weight is 554 g/mol. The fourth-order valence-corrected chi connectivity index (χ4v) is 6.42. The fraction of sp³-hybridized carbons (Fsp3) is 0.367. The van der Waals surface area contributed by atoms with Crippen molar-refractivity contribution < 1.29 is 32.2 Å². The molecular formula is C30H35NO7S. The average Bonchev–Trinajstić information content (AvgIpc) is 3.01. The van der Waals surface area contributed by atoms with Crippen LogP contribution in [0.25, 0.3) is 0 Å². The van der Waals surface area contributed by atoms with Gasteiger partial charge in [0.2, 0.25) is 10.0 Å². The first-order valence-corrected chi connectivity index (χ1v) is 14.3. The number of sulfonamides is 1. The van der Waals surface area contributed by atoms with E-state index in [4.69, 9.17) is 18.9 Å². The Labute approximate surface area is 230 Å². The van der Waals surface area contributed by atoms with E-state index in [1.807, 2.05) is 44.2 Å². The molecule has 9 heteroatoms. The van der Waals surface area contributed by atoms with Crippen LogP contribution in [0.5, 0.6) is 17.2 Å². The molecule has 0 N–H and O–H groups in total. The first-order valence-electron chi connectivity index (χ1n) is 12.9. The van der Waals surface area contributed by atoms with Crippen molar-refractivity contribution in [2.75, 3.05) is 27.4 Å². The molecule has 0 saturated heterocycles. The molecule has 1 unspecified atom stereocenters. The van der Waals surface area contributed by atoms with Gasteiger partial charge in [0.25, 0.3) is 0 Å². The van der Waals surface area contributed by atoms with Gasteiger partial charge >= 0.3 is 5.97 Å². The minimum atomic E-state index is -3.80. The largest absolute Gasteiger partial charge is 0.497 e. The maximum atomic E-state index is 13.6. The Balaban J connectivity index is 1.75. The number of hydrogen-bond acceptors (Lipinski definition) is 7. The van der Waals surface area contributed by atoms with E-state index in [9.17, 15) is 13.2 Å². The smallest absolute Gasteiger partial charge is 0.306 e. The topological polar surface area (TPSA) is 91.4 Å². The second-order valence-corrected chi connectivity index (χ2v) is 11.5. The van der Waals surface area contributed by atoms with Crippen molar-refractivity contribution in [3.05, 3.63) is 82.9 Å². The lowest BCUT2D eigenvalue weighted by molar-refractivity contribution is -0.143. The summed E-state index contributed by atoms with van der Waals surface area (Å²) in [6.45, 7) is 6.24. The lowest BCUT2D eigenvalue weighted by Gasteiger charge is -2.24. The zero-order valence-corrected chi connectivity index (χ0v) is 23.8. The maximum Gasteiger partial charge on any atom is 0.306 e. The van der Waals surface area contributed by atoms with Crippen molar-refractivity contribution in [2.45, 2.75) is 50.7 Å². The van der Waals surface area contributed by atoms with Crippen molar-refractivity contribution in [1.82, 2.24) is 4.31 Å². The zero-order valence-electron chi connectivity index (χ0n) is 23.0. The van der Waals surface area contributed by atoms with Gasteiger partial charge in [0, 0.05) is 18.5 Å². The Hall–Kier alpha value is -3.56. The Morgan fingerprint density at radius 3 is 2.38 bits per heavy atom. The lowest BCUT2D eigenvalue weighted by atomic mass is 9.86. The molecule has 0 amide bonds. The Kier molecular flexibility index (Phi) is 8.82.